The van der Waals surface area contributed by atoms with Gasteiger partial charge < -0.3 is 10.2 Å². The largest absolute Gasteiger partial charge is 0.338 e. The van der Waals surface area contributed by atoms with Gasteiger partial charge in [-0.3, -0.25) is 9.78 Å². The predicted octanol–water partition coefficient (Wildman–Crippen LogP) is 2.15. The molecule has 2 saturated heterocycles. The predicted molar refractivity (Wildman–Crippen MR) is 82.9 cm³/mol. The number of pyridine rings is 1. The fourth-order valence-corrected chi connectivity index (χ4v) is 3.67. The van der Waals surface area contributed by atoms with Gasteiger partial charge >= 0.3 is 0 Å². The summed E-state index contributed by atoms with van der Waals surface area (Å²) in [6, 6.07) is 4.92. The highest BCUT2D eigenvalue weighted by Gasteiger charge is 2.34. The number of amides is 1. The van der Waals surface area contributed by atoms with Crippen LogP contribution in [0.2, 0.25) is 0 Å². The molecule has 114 valence electrons. The Morgan fingerprint density at radius 3 is 3.14 bits per heavy atom. The molecule has 2 atom stereocenters. The van der Waals surface area contributed by atoms with Crippen molar-refractivity contribution in [1.82, 2.24) is 15.2 Å². The first kappa shape index (κ1) is 14.5. The van der Waals surface area contributed by atoms with Gasteiger partial charge in [0.1, 0.15) is 0 Å². The van der Waals surface area contributed by atoms with Gasteiger partial charge in [0.05, 0.1) is 0 Å². The van der Waals surface area contributed by atoms with Crippen molar-refractivity contribution >= 4 is 5.91 Å². The third-order valence-corrected chi connectivity index (χ3v) is 4.78. The van der Waals surface area contributed by atoms with Crippen LogP contribution in [0.15, 0.2) is 24.5 Å². The van der Waals surface area contributed by atoms with Crippen molar-refractivity contribution in [3.63, 3.8) is 0 Å². The average Bonchev–Trinajstić information content (AvgIpc) is 2.78. The number of carbonyl (C=O) groups is 1. The van der Waals surface area contributed by atoms with E-state index in [0.717, 1.165) is 37.9 Å². The molecule has 0 saturated carbocycles. The normalized spacial score (nSPS) is 26.0. The minimum atomic E-state index is 0.317. The first-order chi connectivity index (χ1) is 10.3. The Balaban J connectivity index is 1.60. The van der Waals surface area contributed by atoms with Crippen LogP contribution in [0.25, 0.3) is 0 Å². The molecule has 2 aliphatic rings. The molecule has 1 amide bonds. The van der Waals surface area contributed by atoms with Gasteiger partial charge in [-0.2, -0.15) is 0 Å². The molecule has 3 heterocycles. The zero-order chi connectivity index (χ0) is 14.5. The van der Waals surface area contributed by atoms with Crippen LogP contribution < -0.4 is 5.32 Å². The van der Waals surface area contributed by atoms with E-state index in [0.29, 0.717) is 24.4 Å². The third kappa shape index (κ3) is 3.62. The van der Waals surface area contributed by atoms with Crippen LogP contribution in [0.4, 0.5) is 0 Å². The van der Waals surface area contributed by atoms with Gasteiger partial charge in [0.25, 0.3) is 0 Å². The van der Waals surface area contributed by atoms with Crippen LogP contribution in [0, 0.1) is 0 Å². The van der Waals surface area contributed by atoms with Crippen LogP contribution in [0.1, 0.15) is 44.1 Å². The van der Waals surface area contributed by atoms with Gasteiger partial charge in [-0.15, -0.1) is 0 Å². The number of aromatic nitrogens is 1. The second-order valence-electron chi connectivity index (χ2n) is 6.21. The molecule has 0 bridgehead atoms. The minimum absolute atomic E-state index is 0.317. The molecule has 0 radical (unpaired) electrons. The number of fused-ring (bicyclic) bond motifs is 1. The highest BCUT2D eigenvalue weighted by Crippen LogP contribution is 2.25. The Morgan fingerprint density at radius 1 is 1.33 bits per heavy atom. The lowest BCUT2D eigenvalue weighted by atomic mass is 9.93. The number of piperidine rings is 1. The summed E-state index contributed by atoms with van der Waals surface area (Å²) in [6.45, 7) is 2.05. The molecule has 1 N–H and O–H groups in total. The van der Waals surface area contributed by atoms with E-state index in [1.165, 1.54) is 19.3 Å². The summed E-state index contributed by atoms with van der Waals surface area (Å²) in [4.78, 5) is 18.9. The molecule has 0 unspecified atom stereocenters. The van der Waals surface area contributed by atoms with E-state index in [1.54, 1.807) is 6.20 Å². The number of nitrogens with one attached hydrogen (secondary N) is 1. The molecule has 3 rings (SSSR count). The van der Waals surface area contributed by atoms with E-state index in [9.17, 15) is 4.79 Å². The van der Waals surface area contributed by atoms with Gasteiger partial charge in [0, 0.05) is 37.4 Å². The maximum atomic E-state index is 12.6. The highest BCUT2D eigenvalue weighted by atomic mass is 16.2. The molecule has 0 spiro atoms. The summed E-state index contributed by atoms with van der Waals surface area (Å²) in [5.41, 5.74) is 1.15. The summed E-state index contributed by atoms with van der Waals surface area (Å²) in [5, 5.41) is 3.64. The summed E-state index contributed by atoms with van der Waals surface area (Å²) in [7, 11) is 0. The van der Waals surface area contributed by atoms with Crippen LogP contribution in [-0.2, 0) is 11.2 Å². The number of hydrogen-bond donors (Lipinski definition) is 1. The fraction of sp³-hybridized carbons (Fsp3) is 0.647. The first-order valence-electron chi connectivity index (χ1n) is 8.26. The van der Waals surface area contributed by atoms with Gasteiger partial charge in [-0.1, -0.05) is 12.5 Å². The minimum Gasteiger partial charge on any atom is -0.338 e. The molecule has 2 aliphatic heterocycles. The SMILES string of the molecule is O=C(CCc1cccnc1)N1CCC[C@H]2NCCCC[C@@H]21. The van der Waals surface area contributed by atoms with E-state index >= 15 is 0 Å². The van der Waals surface area contributed by atoms with Gasteiger partial charge in [0.15, 0.2) is 0 Å². The number of rotatable bonds is 3. The fourth-order valence-electron chi connectivity index (χ4n) is 3.67. The molecule has 0 aromatic carbocycles. The van der Waals surface area contributed by atoms with Crippen molar-refractivity contribution in [1.29, 1.82) is 0 Å². The number of nitrogens with zero attached hydrogens (tertiary/aromatic N) is 2. The van der Waals surface area contributed by atoms with E-state index in [-0.39, 0.29) is 0 Å². The quantitative estimate of drug-likeness (QED) is 0.926. The summed E-state index contributed by atoms with van der Waals surface area (Å²) >= 11 is 0. The Hall–Kier alpha value is -1.42. The van der Waals surface area contributed by atoms with Crippen molar-refractivity contribution in [2.45, 2.75) is 57.0 Å². The van der Waals surface area contributed by atoms with Crippen LogP contribution >= 0.6 is 0 Å². The molecule has 0 aliphatic carbocycles. The van der Waals surface area contributed by atoms with Gasteiger partial charge in [-0.05, 0) is 50.3 Å². The molecule has 21 heavy (non-hydrogen) atoms. The standard InChI is InChI=1S/C17H25N3O/c21-17(9-8-14-5-3-10-18-13-14)20-12-4-6-15-16(20)7-1-2-11-19-15/h3,5,10,13,15-16,19H,1-2,4,6-9,11-12H2/t15-,16+/m1/s1. The van der Waals surface area contributed by atoms with E-state index in [1.807, 2.05) is 18.3 Å². The van der Waals surface area contributed by atoms with Gasteiger partial charge in [-0.25, -0.2) is 0 Å². The third-order valence-electron chi connectivity index (χ3n) is 4.78. The molecule has 1 aromatic heterocycles. The molecule has 1 aromatic rings. The molecule has 4 nitrogen and oxygen atoms in total. The highest BCUT2D eigenvalue weighted by molar-refractivity contribution is 5.77. The maximum absolute atomic E-state index is 12.6. The Bertz CT molecular complexity index is 462. The lowest BCUT2D eigenvalue weighted by Crippen LogP contribution is -2.55. The van der Waals surface area contributed by atoms with Crippen molar-refractivity contribution < 1.29 is 4.79 Å². The Labute approximate surface area is 126 Å². The molecular formula is C17H25N3O. The summed E-state index contributed by atoms with van der Waals surface area (Å²) < 4.78 is 0. The van der Waals surface area contributed by atoms with E-state index < -0.39 is 0 Å². The Morgan fingerprint density at radius 2 is 2.29 bits per heavy atom. The topological polar surface area (TPSA) is 45.2 Å². The molecule has 4 heteroatoms. The lowest BCUT2D eigenvalue weighted by molar-refractivity contribution is -0.135. The number of aryl methyl sites for hydroxylation is 1. The van der Waals surface area contributed by atoms with Gasteiger partial charge in [0.2, 0.25) is 5.91 Å². The van der Waals surface area contributed by atoms with Crippen molar-refractivity contribution in [2.75, 3.05) is 13.1 Å². The number of hydrogen-bond acceptors (Lipinski definition) is 3. The smallest absolute Gasteiger partial charge is 0.223 e. The lowest BCUT2D eigenvalue weighted by Gasteiger charge is -2.41. The first-order valence-corrected chi connectivity index (χ1v) is 8.26. The summed E-state index contributed by atoms with van der Waals surface area (Å²) in [6.07, 6.45) is 11.0. The maximum Gasteiger partial charge on any atom is 0.223 e. The Kier molecular flexibility index (Phi) is 4.86. The van der Waals surface area contributed by atoms with Crippen LogP contribution in [0.5, 0.6) is 0 Å². The van der Waals surface area contributed by atoms with E-state index in [4.69, 9.17) is 0 Å². The number of likely N-dealkylation sites (tertiary alicyclic amines) is 1. The van der Waals surface area contributed by atoms with Crippen LogP contribution in [0.3, 0.4) is 0 Å². The van der Waals surface area contributed by atoms with Crippen molar-refractivity contribution in [3.8, 4) is 0 Å². The zero-order valence-corrected chi connectivity index (χ0v) is 12.6. The zero-order valence-electron chi connectivity index (χ0n) is 12.6. The second kappa shape index (κ2) is 7.03. The van der Waals surface area contributed by atoms with Crippen molar-refractivity contribution in [2.24, 2.45) is 0 Å². The monoisotopic (exact) mass is 287 g/mol. The van der Waals surface area contributed by atoms with Crippen molar-refractivity contribution in [3.05, 3.63) is 30.1 Å². The second-order valence-corrected chi connectivity index (χ2v) is 6.21. The number of carbonyl (C=O) groups excluding carboxylic acids is 1. The molecule has 2 fully saturated rings. The summed E-state index contributed by atoms with van der Waals surface area (Å²) in [5.74, 6) is 0.317. The molecular weight excluding hydrogens is 262 g/mol. The van der Waals surface area contributed by atoms with Crippen LogP contribution in [-0.4, -0.2) is 41.0 Å². The average molecular weight is 287 g/mol. The van der Waals surface area contributed by atoms with E-state index in [2.05, 4.69) is 15.2 Å².